The standard InChI is InChI=1S/C25H20FNO5/c1-14-6-11-20(32-2)19(12-14)23(29)21-22(15-7-9-18(28)10-8-15)27(25(31)24(21)30)17-5-3-4-16(26)13-17/h3-13,22,28-29H,1-2H3/b23-21+. The molecule has 3 aromatic rings. The number of nitrogens with zero attached hydrogens (tertiary/aromatic N) is 1. The van der Waals surface area contributed by atoms with E-state index in [1.165, 1.54) is 37.4 Å². The molecule has 0 spiro atoms. The molecule has 3 aromatic carbocycles. The molecule has 1 fully saturated rings. The van der Waals surface area contributed by atoms with Gasteiger partial charge in [-0.25, -0.2) is 4.39 Å². The lowest BCUT2D eigenvalue weighted by Crippen LogP contribution is -2.29. The quantitative estimate of drug-likeness (QED) is 0.360. The number of ketones is 1. The highest BCUT2D eigenvalue weighted by Crippen LogP contribution is 2.43. The maximum atomic E-state index is 14.0. The minimum absolute atomic E-state index is 0.00295. The maximum absolute atomic E-state index is 14.0. The number of hydrogen-bond acceptors (Lipinski definition) is 5. The number of benzene rings is 3. The minimum Gasteiger partial charge on any atom is -0.508 e. The van der Waals surface area contributed by atoms with Crippen LogP contribution in [0.15, 0.2) is 72.3 Å². The number of phenols is 1. The SMILES string of the molecule is COc1ccc(C)cc1/C(O)=C1\C(=O)C(=O)N(c2cccc(F)c2)C1c1ccc(O)cc1. The Morgan fingerprint density at radius 2 is 1.75 bits per heavy atom. The van der Waals surface area contributed by atoms with Crippen LogP contribution in [0, 0.1) is 12.7 Å². The number of aliphatic hydroxyl groups excluding tert-OH is 1. The Morgan fingerprint density at radius 1 is 1.03 bits per heavy atom. The highest BCUT2D eigenvalue weighted by molar-refractivity contribution is 6.51. The van der Waals surface area contributed by atoms with Gasteiger partial charge in [-0.1, -0.05) is 29.8 Å². The van der Waals surface area contributed by atoms with Crippen LogP contribution in [0.5, 0.6) is 11.5 Å². The lowest BCUT2D eigenvalue weighted by Gasteiger charge is -2.25. The molecule has 6 nitrogen and oxygen atoms in total. The van der Waals surface area contributed by atoms with Crippen LogP contribution in [0.4, 0.5) is 10.1 Å². The van der Waals surface area contributed by atoms with Crippen molar-refractivity contribution in [3.05, 3.63) is 94.8 Å². The number of carbonyl (C=O) groups excluding carboxylic acids is 2. The van der Waals surface area contributed by atoms with Gasteiger partial charge in [0.1, 0.15) is 23.1 Å². The number of aromatic hydroxyl groups is 1. The van der Waals surface area contributed by atoms with Crippen LogP contribution in [0.2, 0.25) is 0 Å². The van der Waals surface area contributed by atoms with Crippen LogP contribution in [0.25, 0.3) is 5.76 Å². The topological polar surface area (TPSA) is 87.1 Å². The van der Waals surface area contributed by atoms with E-state index in [0.717, 1.165) is 16.5 Å². The van der Waals surface area contributed by atoms with Crippen LogP contribution in [0.3, 0.4) is 0 Å². The summed E-state index contributed by atoms with van der Waals surface area (Å²) >= 11 is 0. The Bertz CT molecular complexity index is 1250. The minimum atomic E-state index is -1.04. The van der Waals surface area contributed by atoms with Crippen LogP contribution >= 0.6 is 0 Å². The first-order valence-electron chi connectivity index (χ1n) is 9.82. The van der Waals surface area contributed by atoms with Gasteiger partial charge in [0.05, 0.1) is 24.3 Å². The summed E-state index contributed by atoms with van der Waals surface area (Å²) in [6.07, 6.45) is 0. The third kappa shape index (κ3) is 3.58. The highest BCUT2D eigenvalue weighted by Gasteiger charge is 2.47. The number of methoxy groups -OCH3 is 1. The molecule has 0 bridgehead atoms. The van der Waals surface area contributed by atoms with Crippen molar-refractivity contribution in [1.82, 2.24) is 0 Å². The molecule has 32 heavy (non-hydrogen) atoms. The summed E-state index contributed by atoms with van der Waals surface area (Å²) in [5.41, 5.74) is 1.54. The predicted molar refractivity (Wildman–Crippen MR) is 117 cm³/mol. The van der Waals surface area contributed by atoms with Crippen molar-refractivity contribution in [1.29, 1.82) is 0 Å². The van der Waals surface area contributed by atoms with E-state index >= 15 is 0 Å². The summed E-state index contributed by atoms with van der Waals surface area (Å²) in [7, 11) is 1.43. The number of ether oxygens (including phenoxy) is 1. The maximum Gasteiger partial charge on any atom is 0.300 e. The van der Waals surface area contributed by atoms with Gasteiger partial charge >= 0.3 is 0 Å². The first-order valence-corrected chi connectivity index (χ1v) is 9.82. The number of Topliss-reactive ketones (excluding diaryl/α,β-unsaturated/α-hetero) is 1. The number of phenolic OH excluding ortho intramolecular Hbond substituents is 1. The molecule has 4 rings (SSSR count). The molecule has 2 N–H and O–H groups in total. The monoisotopic (exact) mass is 433 g/mol. The van der Waals surface area contributed by atoms with Crippen molar-refractivity contribution in [3.8, 4) is 11.5 Å². The van der Waals surface area contributed by atoms with Crippen molar-refractivity contribution in [2.24, 2.45) is 0 Å². The third-order valence-electron chi connectivity index (χ3n) is 5.35. The molecule has 0 saturated carbocycles. The van der Waals surface area contributed by atoms with E-state index in [-0.39, 0.29) is 22.6 Å². The lowest BCUT2D eigenvalue weighted by atomic mass is 9.94. The molecule has 7 heteroatoms. The van der Waals surface area contributed by atoms with Gasteiger partial charge in [0.15, 0.2) is 0 Å². The Balaban J connectivity index is 1.99. The zero-order chi connectivity index (χ0) is 23.0. The number of anilines is 1. The fourth-order valence-corrected chi connectivity index (χ4v) is 3.85. The molecule has 1 aliphatic heterocycles. The highest BCUT2D eigenvalue weighted by atomic mass is 19.1. The molecule has 1 amide bonds. The number of carbonyl (C=O) groups is 2. The summed E-state index contributed by atoms with van der Waals surface area (Å²) in [4.78, 5) is 27.3. The number of aryl methyl sites for hydroxylation is 1. The van der Waals surface area contributed by atoms with Crippen LogP contribution in [-0.2, 0) is 9.59 Å². The van der Waals surface area contributed by atoms with Gasteiger partial charge in [-0.15, -0.1) is 0 Å². The largest absolute Gasteiger partial charge is 0.508 e. The number of amides is 1. The van der Waals surface area contributed by atoms with Gasteiger partial charge in [-0.3, -0.25) is 14.5 Å². The molecule has 1 heterocycles. The van der Waals surface area contributed by atoms with Crippen molar-refractivity contribution in [2.75, 3.05) is 12.0 Å². The zero-order valence-electron chi connectivity index (χ0n) is 17.4. The average Bonchev–Trinajstić information content (AvgIpc) is 3.04. The molecule has 1 aliphatic rings. The van der Waals surface area contributed by atoms with E-state index in [1.807, 2.05) is 6.92 Å². The summed E-state index contributed by atoms with van der Waals surface area (Å²) in [5.74, 6) is -2.46. The third-order valence-corrected chi connectivity index (χ3v) is 5.35. The van der Waals surface area contributed by atoms with Gasteiger partial charge in [0.2, 0.25) is 0 Å². The molecule has 1 unspecified atom stereocenters. The normalized spacial score (nSPS) is 17.6. The Labute approximate surface area is 183 Å². The number of hydrogen-bond donors (Lipinski definition) is 2. The summed E-state index contributed by atoms with van der Waals surface area (Å²) < 4.78 is 19.3. The van der Waals surface area contributed by atoms with Gasteiger partial charge in [0.25, 0.3) is 11.7 Å². The van der Waals surface area contributed by atoms with E-state index in [2.05, 4.69) is 0 Å². The van der Waals surface area contributed by atoms with Gasteiger partial charge in [-0.05, 0) is 55.0 Å². The second kappa shape index (κ2) is 8.19. The van der Waals surface area contributed by atoms with Crippen LogP contribution in [-0.4, -0.2) is 29.0 Å². The molecule has 0 aliphatic carbocycles. The Morgan fingerprint density at radius 3 is 2.41 bits per heavy atom. The number of halogens is 1. The van der Waals surface area contributed by atoms with E-state index < -0.39 is 29.3 Å². The summed E-state index contributed by atoms with van der Waals surface area (Å²) in [5, 5.41) is 20.9. The smallest absolute Gasteiger partial charge is 0.300 e. The van der Waals surface area contributed by atoms with Crippen molar-refractivity contribution in [2.45, 2.75) is 13.0 Å². The molecule has 162 valence electrons. The van der Waals surface area contributed by atoms with Gasteiger partial charge in [-0.2, -0.15) is 0 Å². The number of aliphatic hydroxyl groups is 1. The molecule has 0 aromatic heterocycles. The predicted octanol–water partition coefficient (Wildman–Crippen LogP) is 4.47. The van der Waals surface area contributed by atoms with Crippen LogP contribution < -0.4 is 9.64 Å². The zero-order valence-corrected chi connectivity index (χ0v) is 17.4. The molecular formula is C25H20FNO5. The van der Waals surface area contributed by atoms with Crippen LogP contribution in [0.1, 0.15) is 22.7 Å². The average molecular weight is 433 g/mol. The van der Waals surface area contributed by atoms with Crippen molar-refractivity contribution in [3.63, 3.8) is 0 Å². The van der Waals surface area contributed by atoms with Crippen molar-refractivity contribution < 1.29 is 28.9 Å². The molecule has 1 atom stereocenters. The van der Waals surface area contributed by atoms with E-state index in [0.29, 0.717) is 11.3 Å². The lowest BCUT2D eigenvalue weighted by molar-refractivity contribution is -0.132. The Hall–Kier alpha value is -4.13. The van der Waals surface area contributed by atoms with E-state index in [1.54, 1.807) is 30.3 Å². The summed E-state index contributed by atoms with van der Waals surface area (Å²) in [6, 6.07) is 15.3. The fraction of sp³-hybridized carbons (Fsp3) is 0.120. The van der Waals surface area contributed by atoms with Gasteiger partial charge < -0.3 is 14.9 Å². The first-order chi connectivity index (χ1) is 15.3. The summed E-state index contributed by atoms with van der Waals surface area (Å²) in [6.45, 7) is 1.82. The van der Waals surface area contributed by atoms with Gasteiger partial charge in [0, 0.05) is 5.69 Å². The van der Waals surface area contributed by atoms with E-state index in [9.17, 15) is 24.2 Å². The van der Waals surface area contributed by atoms with Crippen molar-refractivity contribution >= 4 is 23.1 Å². The fourth-order valence-electron chi connectivity index (χ4n) is 3.85. The molecule has 0 radical (unpaired) electrons. The molecule has 1 saturated heterocycles. The first kappa shape index (κ1) is 21.1. The Kier molecular flexibility index (Phi) is 5.40. The second-order valence-corrected chi connectivity index (χ2v) is 7.44. The number of rotatable bonds is 4. The second-order valence-electron chi connectivity index (χ2n) is 7.44. The van der Waals surface area contributed by atoms with E-state index in [4.69, 9.17) is 4.74 Å². The molecular weight excluding hydrogens is 413 g/mol.